The molecule has 1 N–H and O–H groups in total. The minimum atomic E-state index is -0.933. The van der Waals surface area contributed by atoms with Crippen molar-refractivity contribution >= 4 is 5.91 Å². The number of aliphatic hydroxyl groups excluding tert-OH is 1. The molecule has 2 aromatic rings. The summed E-state index contributed by atoms with van der Waals surface area (Å²) in [7, 11) is 3.11. The normalized spacial score (nSPS) is 15.9. The van der Waals surface area contributed by atoms with Gasteiger partial charge in [0.15, 0.2) is 17.3 Å². The van der Waals surface area contributed by atoms with Gasteiger partial charge < -0.3 is 24.0 Å². The number of methoxy groups -OCH3 is 2. The lowest BCUT2D eigenvalue weighted by atomic mass is 10.0. The van der Waals surface area contributed by atoms with Gasteiger partial charge in [0.1, 0.15) is 17.4 Å². The molecule has 1 aliphatic rings. The number of nitrogens with zero attached hydrogens (tertiary/aromatic N) is 2. The molecule has 3 rings (SSSR count). The molecule has 0 aliphatic carbocycles. The third-order valence-corrected chi connectivity index (χ3v) is 4.86. The predicted molar refractivity (Wildman–Crippen MR) is 100 cm³/mol. The molecular formula is C20H26N2O5. The zero-order chi connectivity index (χ0) is 19.4. The Morgan fingerprint density at radius 1 is 1.15 bits per heavy atom. The van der Waals surface area contributed by atoms with Gasteiger partial charge in [-0.1, -0.05) is 18.0 Å². The number of hydrogen-bond donors (Lipinski definition) is 1. The van der Waals surface area contributed by atoms with Gasteiger partial charge in [0.2, 0.25) is 0 Å². The van der Waals surface area contributed by atoms with Crippen LogP contribution in [0.1, 0.15) is 54.8 Å². The van der Waals surface area contributed by atoms with E-state index in [1.165, 1.54) is 0 Å². The second-order valence-electron chi connectivity index (χ2n) is 6.72. The van der Waals surface area contributed by atoms with Crippen molar-refractivity contribution in [1.29, 1.82) is 0 Å². The molecule has 1 saturated heterocycles. The summed E-state index contributed by atoms with van der Waals surface area (Å²) in [5, 5.41) is 14.2. The standard InChI is InChI=1S/C20H26N2O5/c1-13(23)19-17(20(24)22-10-6-4-5-7-11-22)18(21-27-19)14-8-9-15(25-2)16(12-14)26-3/h8-9,12-13,23H,4-7,10-11H2,1-3H3. The Kier molecular flexibility index (Phi) is 6.01. The Morgan fingerprint density at radius 3 is 2.41 bits per heavy atom. The van der Waals surface area contributed by atoms with Crippen LogP contribution in [0.25, 0.3) is 11.3 Å². The van der Waals surface area contributed by atoms with E-state index in [1.54, 1.807) is 39.3 Å². The average Bonchev–Trinajstić information content (AvgIpc) is 2.95. The highest BCUT2D eigenvalue weighted by atomic mass is 16.5. The van der Waals surface area contributed by atoms with Gasteiger partial charge >= 0.3 is 0 Å². The van der Waals surface area contributed by atoms with Crippen molar-refractivity contribution in [1.82, 2.24) is 10.1 Å². The molecule has 1 unspecified atom stereocenters. The van der Waals surface area contributed by atoms with Crippen LogP contribution in [0.4, 0.5) is 0 Å². The summed E-state index contributed by atoms with van der Waals surface area (Å²) in [6.45, 7) is 2.97. The molecular weight excluding hydrogens is 348 g/mol. The van der Waals surface area contributed by atoms with E-state index in [9.17, 15) is 9.90 Å². The van der Waals surface area contributed by atoms with Crippen molar-refractivity contribution in [2.75, 3.05) is 27.3 Å². The Hall–Kier alpha value is -2.54. The number of hydrogen-bond acceptors (Lipinski definition) is 6. The van der Waals surface area contributed by atoms with Gasteiger partial charge in [-0.2, -0.15) is 0 Å². The van der Waals surface area contributed by atoms with Crippen LogP contribution in [0.15, 0.2) is 22.7 Å². The van der Waals surface area contributed by atoms with Gasteiger partial charge in [-0.05, 0) is 38.0 Å². The lowest BCUT2D eigenvalue weighted by Gasteiger charge is -2.21. The van der Waals surface area contributed by atoms with Crippen molar-refractivity contribution in [3.05, 3.63) is 29.5 Å². The lowest BCUT2D eigenvalue weighted by Crippen LogP contribution is -2.32. The maximum atomic E-state index is 13.3. The van der Waals surface area contributed by atoms with Crippen molar-refractivity contribution < 1.29 is 23.9 Å². The van der Waals surface area contributed by atoms with Crippen molar-refractivity contribution in [2.24, 2.45) is 0 Å². The number of benzene rings is 1. The van der Waals surface area contributed by atoms with Crippen LogP contribution < -0.4 is 9.47 Å². The fourth-order valence-corrected chi connectivity index (χ4v) is 3.41. The summed E-state index contributed by atoms with van der Waals surface area (Å²) < 4.78 is 16.0. The first-order valence-electron chi connectivity index (χ1n) is 9.26. The van der Waals surface area contributed by atoms with E-state index < -0.39 is 6.10 Å². The number of carbonyl (C=O) groups is 1. The van der Waals surface area contributed by atoms with E-state index >= 15 is 0 Å². The van der Waals surface area contributed by atoms with Crippen LogP contribution in [0.5, 0.6) is 11.5 Å². The maximum Gasteiger partial charge on any atom is 0.259 e. The molecule has 0 saturated carbocycles. The zero-order valence-corrected chi connectivity index (χ0v) is 16.0. The molecule has 1 fully saturated rings. The second kappa shape index (κ2) is 8.43. The fraction of sp³-hybridized carbons (Fsp3) is 0.500. The molecule has 7 nitrogen and oxygen atoms in total. The highest BCUT2D eigenvalue weighted by Gasteiger charge is 2.30. The largest absolute Gasteiger partial charge is 0.493 e. The first kappa shape index (κ1) is 19.2. The number of amides is 1. The van der Waals surface area contributed by atoms with Crippen LogP contribution in [-0.2, 0) is 0 Å². The fourth-order valence-electron chi connectivity index (χ4n) is 3.41. The first-order chi connectivity index (χ1) is 13.1. The highest BCUT2D eigenvalue weighted by Crippen LogP contribution is 2.36. The summed E-state index contributed by atoms with van der Waals surface area (Å²) >= 11 is 0. The van der Waals surface area contributed by atoms with Gasteiger partial charge in [-0.15, -0.1) is 0 Å². The number of likely N-dealkylation sites (tertiary alicyclic amines) is 1. The molecule has 2 heterocycles. The third kappa shape index (κ3) is 3.93. The van der Waals surface area contributed by atoms with E-state index in [1.807, 2.05) is 4.90 Å². The summed E-state index contributed by atoms with van der Waals surface area (Å²) in [6.07, 6.45) is 3.27. The van der Waals surface area contributed by atoms with Gasteiger partial charge in [0.25, 0.3) is 5.91 Å². The minimum absolute atomic E-state index is 0.154. The van der Waals surface area contributed by atoms with Crippen molar-refractivity contribution in [3.63, 3.8) is 0 Å². The van der Waals surface area contributed by atoms with Gasteiger partial charge in [-0.3, -0.25) is 4.79 Å². The van der Waals surface area contributed by atoms with Crippen LogP contribution in [0.2, 0.25) is 0 Å². The topological polar surface area (TPSA) is 85.0 Å². The van der Waals surface area contributed by atoms with E-state index in [2.05, 4.69) is 5.16 Å². The number of aromatic nitrogens is 1. The third-order valence-electron chi connectivity index (χ3n) is 4.86. The average molecular weight is 374 g/mol. The number of carbonyl (C=O) groups excluding carboxylic acids is 1. The van der Waals surface area contributed by atoms with Crippen LogP contribution in [0.3, 0.4) is 0 Å². The van der Waals surface area contributed by atoms with Crippen molar-refractivity contribution in [2.45, 2.75) is 38.7 Å². The molecule has 0 spiro atoms. The first-order valence-corrected chi connectivity index (χ1v) is 9.26. The summed E-state index contributed by atoms with van der Waals surface area (Å²) in [5.41, 5.74) is 1.39. The molecule has 0 bridgehead atoms. The van der Waals surface area contributed by atoms with Crippen LogP contribution in [0, 0.1) is 0 Å². The van der Waals surface area contributed by atoms with E-state index in [0.717, 1.165) is 25.7 Å². The summed E-state index contributed by atoms with van der Waals surface area (Å²) in [4.78, 5) is 15.1. The molecule has 1 aromatic heterocycles. The van der Waals surface area contributed by atoms with Crippen molar-refractivity contribution in [3.8, 4) is 22.8 Å². The Balaban J connectivity index is 2.05. The van der Waals surface area contributed by atoms with E-state index in [-0.39, 0.29) is 11.7 Å². The highest BCUT2D eigenvalue weighted by molar-refractivity contribution is 6.01. The predicted octanol–water partition coefficient (Wildman–Crippen LogP) is 3.43. The van der Waals surface area contributed by atoms with E-state index in [0.29, 0.717) is 41.4 Å². The number of aliphatic hydroxyl groups is 1. The van der Waals surface area contributed by atoms with E-state index in [4.69, 9.17) is 14.0 Å². The minimum Gasteiger partial charge on any atom is -0.493 e. The van der Waals surface area contributed by atoms with Gasteiger partial charge in [0, 0.05) is 18.7 Å². The molecule has 7 heteroatoms. The quantitative estimate of drug-likeness (QED) is 0.863. The lowest BCUT2D eigenvalue weighted by molar-refractivity contribution is 0.0750. The molecule has 0 radical (unpaired) electrons. The second-order valence-corrected chi connectivity index (χ2v) is 6.72. The Bertz CT molecular complexity index is 792. The Morgan fingerprint density at radius 2 is 1.81 bits per heavy atom. The molecule has 27 heavy (non-hydrogen) atoms. The SMILES string of the molecule is COc1ccc(-c2noc(C(C)O)c2C(=O)N2CCCCCC2)cc1OC. The monoisotopic (exact) mass is 374 g/mol. The van der Waals surface area contributed by atoms with Gasteiger partial charge in [0.05, 0.1) is 14.2 Å². The Labute approximate surface area is 158 Å². The number of ether oxygens (including phenoxy) is 2. The maximum absolute atomic E-state index is 13.3. The molecule has 1 atom stereocenters. The van der Waals surface area contributed by atoms with Crippen LogP contribution in [-0.4, -0.2) is 48.4 Å². The summed E-state index contributed by atoms with van der Waals surface area (Å²) in [6, 6.07) is 5.30. The summed E-state index contributed by atoms with van der Waals surface area (Å²) in [5.74, 6) is 1.15. The van der Waals surface area contributed by atoms with Crippen LogP contribution >= 0.6 is 0 Å². The number of rotatable bonds is 5. The smallest absolute Gasteiger partial charge is 0.259 e. The van der Waals surface area contributed by atoms with Gasteiger partial charge in [-0.25, -0.2) is 0 Å². The molecule has 1 aliphatic heterocycles. The molecule has 1 amide bonds. The molecule has 146 valence electrons. The zero-order valence-electron chi connectivity index (χ0n) is 16.0. The molecule has 1 aromatic carbocycles.